The highest BCUT2D eigenvalue weighted by Crippen LogP contribution is 2.32. The van der Waals surface area contributed by atoms with E-state index >= 15 is 0 Å². The smallest absolute Gasteiger partial charge is 0.240 e. The number of anilines is 1. The Kier molecular flexibility index (Phi) is 6.79. The van der Waals surface area contributed by atoms with Crippen LogP contribution in [0.2, 0.25) is 0 Å². The molecule has 1 N–H and O–H groups in total. The third-order valence-electron chi connectivity index (χ3n) is 6.07. The van der Waals surface area contributed by atoms with Crippen LogP contribution in [0, 0.1) is 0 Å². The number of thioether (sulfide) groups is 1. The van der Waals surface area contributed by atoms with E-state index < -0.39 is 0 Å². The minimum absolute atomic E-state index is 0.0418. The number of amides is 2. The summed E-state index contributed by atoms with van der Waals surface area (Å²) in [6, 6.07) is 12.4. The van der Waals surface area contributed by atoms with Gasteiger partial charge in [-0.15, -0.1) is 0 Å². The molecule has 1 fully saturated rings. The molecule has 0 radical (unpaired) electrons. The van der Waals surface area contributed by atoms with Gasteiger partial charge in [0.05, 0.1) is 22.2 Å². The normalized spacial score (nSPS) is 17.3. The summed E-state index contributed by atoms with van der Waals surface area (Å²) in [5.74, 6) is 0.152. The van der Waals surface area contributed by atoms with E-state index in [2.05, 4.69) is 21.8 Å². The summed E-state index contributed by atoms with van der Waals surface area (Å²) < 4.78 is 2.08. The fraction of sp³-hybridized carbons (Fsp3) is 0.478. The first-order chi connectivity index (χ1) is 14.6. The van der Waals surface area contributed by atoms with Crippen LogP contribution in [0.1, 0.15) is 32.1 Å². The van der Waals surface area contributed by atoms with Gasteiger partial charge in [0.25, 0.3) is 0 Å². The molecule has 0 atom stereocenters. The molecule has 0 bridgehead atoms. The number of nitrogens with one attached hydrogen (secondary N) is 1. The van der Waals surface area contributed by atoms with Crippen molar-refractivity contribution in [1.82, 2.24) is 14.8 Å². The molecule has 1 aromatic heterocycles. The molecule has 0 unspecified atom stereocenters. The minimum Gasteiger partial charge on any atom is -0.353 e. The van der Waals surface area contributed by atoms with Crippen molar-refractivity contribution in [3.8, 4) is 5.69 Å². The second kappa shape index (κ2) is 9.71. The largest absolute Gasteiger partial charge is 0.353 e. The Morgan fingerprint density at radius 2 is 1.90 bits per heavy atom. The van der Waals surface area contributed by atoms with Crippen molar-refractivity contribution < 1.29 is 9.59 Å². The lowest BCUT2D eigenvalue weighted by atomic mass is 9.94. The van der Waals surface area contributed by atoms with Crippen molar-refractivity contribution in [2.24, 2.45) is 0 Å². The van der Waals surface area contributed by atoms with Crippen molar-refractivity contribution in [1.29, 1.82) is 0 Å². The summed E-state index contributed by atoms with van der Waals surface area (Å²) in [5.41, 5.74) is 1.69. The van der Waals surface area contributed by atoms with Gasteiger partial charge in [0.2, 0.25) is 11.8 Å². The molecule has 0 spiro atoms. The van der Waals surface area contributed by atoms with Gasteiger partial charge in [0.1, 0.15) is 6.54 Å². The number of nitrogens with zero attached hydrogens (tertiary/aromatic N) is 3. The lowest BCUT2D eigenvalue weighted by Gasteiger charge is -2.31. The van der Waals surface area contributed by atoms with Crippen LogP contribution >= 0.6 is 11.8 Å². The number of carbonyl (C=O) groups excluding carboxylic acids is 2. The average Bonchev–Trinajstić information content (AvgIpc) is 3.23. The molecule has 1 aliphatic heterocycles. The van der Waals surface area contributed by atoms with Gasteiger partial charge < -0.3 is 19.7 Å². The Labute approximate surface area is 182 Å². The Morgan fingerprint density at radius 3 is 2.70 bits per heavy atom. The topological polar surface area (TPSA) is 57.6 Å². The van der Waals surface area contributed by atoms with E-state index in [0.29, 0.717) is 18.3 Å². The number of likely N-dealkylation sites (N-methyl/N-ethyl adjacent to an activating group) is 1. The highest BCUT2D eigenvalue weighted by atomic mass is 32.2. The Morgan fingerprint density at radius 1 is 1.13 bits per heavy atom. The molecule has 160 valence electrons. The molecule has 2 heterocycles. The van der Waals surface area contributed by atoms with Gasteiger partial charge in [-0.25, -0.2) is 0 Å². The molecule has 2 aliphatic rings. The van der Waals surface area contributed by atoms with Gasteiger partial charge in [-0.1, -0.05) is 43.2 Å². The van der Waals surface area contributed by atoms with Gasteiger partial charge in [0.15, 0.2) is 0 Å². The van der Waals surface area contributed by atoms with Crippen molar-refractivity contribution in [3.05, 3.63) is 42.6 Å². The van der Waals surface area contributed by atoms with Crippen molar-refractivity contribution in [2.45, 2.75) is 43.2 Å². The van der Waals surface area contributed by atoms with Gasteiger partial charge in [0, 0.05) is 25.3 Å². The molecular formula is C23H30N4O2S. The number of aromatic nitrogens is 1. The summed E-state index contributed by atoms with van der Waals surface area (Å²) in [6.45, 7) is 1.48. The second-order valence-corrected chi connectivity index (χ2v) is 9.09. The quantitative estimate of drug-likeness (QED) is 0.770. The number of fused-ring (bicyclic) bond motifs is 3. The zero-order valence-corrected chi connectivity index (χ0v) is 18.4. The second-order valence-electron chi connectivity index (χ2n) is 8.10. The predicted octanol–water partition coefficient (Wildman–Crippen LogP) is 3.30. The molecular weight excluding hydrogens is 396 g/mol. The maximum Gasteiger partial charge on any atom is 0.240 e. The maximum atomic E-state index is 12.9. The molecule has 6 nitrogen and oxygen atoms in total. The fourth-order valence-corrected chi connectivity index (χ4v) is 5.28. The number of para-hydroxylation sites is 2. The third kappa shape index (κ3) is 4.73. The zero-order chi connectivity index (χ0) is 20.9. The number of rotatable bonds is 6. The molecule has 1 aliphatic carbocycles. The van der Waals surface area contributed by atoms with Crippen LogP contribution < -0.4 is 10.2 Å². The van der Waals surface area contributed by atoms with E-state index in [0.717, 1.165) is 22.9 Å². The van der Waals surface area contributed by atoms with Crippen LogP contribution in [0.5, 0.6) is 0 Å². The van der Waals surface area contributed by atoms with E-state index in [-0.39, 0.29) is 18.4 Å². The maximum absolute atomic E-state index is 12.9. The zero-order valence-electron chi connectivity index (χ0n) is 17.5. The lowest BCUT2D eigenvalue weighted by Crippen LogP contribution is -2.45. The summed E-state index contributed by atoms with van der Waals surface area (Å²) in [7, 11) is 2.14. The molecule has 1 aromatic carbocycles. The first-order valence-electron chi connectivity index (χ1n) is 10.8. The van der Waals surface area contributed by atoms with Crippen molar-refractivity contribution in [3.63, 3.8) is 0 Å². The Bertz CT molecular complexity index is 891. The number of benzene rings is 1. The molecule has 4 rings (SSSR count). The summed E-state index contributed by atoms with van der Waals surface area (Å²) >= 11 is 1.50. The summed E-state index contributed by atoms with van der Waals surface area (Å²) in [5, 5.41) is 4.05. The highest BCUT2D eigenvalue weighted by molar-refractivity contribution is 7.99. The summed E-state index contributed by atoms with van der Waals surface area (Å²) in [4.78, 5) is 29.6. The molecule has 1 saturated carbocycles. The van der Waals surface area contributed by atoms with Crippen LogP contribution in [-0.2, 0) is 9.59 Å². The van der Waals surface area contributed by atoms with E-state index in [4.69, 9.17) is 0 Å². The van der Waals surface area contributed by atoms with Crippen molar-refractivity contribution in [2.75, 3.05) is 37.3 Å². The minimum atomic E-state index is -0.117. The van der Waals surface area contributed by atoms with Crippen LogP contribution in [0.25, 0.3) is 5.69 Å². The molecule has 30 heavy (non-hydrogen) atoms. The molecule has 0 saturated heterocycles. The van der Waals surface area contributed by atoms with Crippen LogP contribution in [-0.4, -0.2) is 59.8 Å². The molecule has 2 amide bonds. The molecule has 7 heteroatoms. The average molecular weight is 427 g/mol. The number of hydrogen-bond donors (Lipinski definition) is 1. The van der Waals surface area contributed by atoms with Crippen molar-refractivity contribution >= 4 is 29.3 Å². The Hall–Kier alpha value is -2.25. The van der Waals surface area contributed by atoms with Gasteiger partial charge in [-0.3, -0.25) is 9.59 Å². The van der Waals surface area contributed by atoms with E-state index in [1.807, 2.05) is 42.6 Å². The van der Waals surface area contributed by atoms with E-state index in [9.17, 15) is 9.59 Å². The lowest BCUT2D eigenvalue weighted by molar-refractivity contribution is -0.122. The monoisotopic (exact) mass is 426 g/mol. The van der Waals surface area contributed by atoms with Gasteiger partial charge in [-0.05, 0) is 44.2 Å². The highest BCUT2D eigenvalue weighted by Gasteiger charge is 2.25. The number of carbonyl (C=O) groups is 2. The Balaban J connectivity index is 1.40. The first kappa shape index (κ1) is 21.0. The van der Waals surface area contributed by atoms with Gasteiger partial charge in [-0.2, -0.15) is 0 Å². The SMILES string of the molecule is CN(CCNC(=O)CN1C(=O)CSc2cccn2-c2ccccc21)C1CCCCC1. The molecule has 2 aromatic rings. The first-order valence-corrected chi connectivity index (χ1v) is 11.8. The van der Waals surface area contributed by atoms with E-state index in [1.54, 1.807) is 4.90 Å². The standard InChI is InChI=1S/C23H30N4O2S/c1-25(18-8-3-2-4-9-18)15-13-24-21(28)16-27-20-11-6-5-10-19(20)26-14-7-12-23(26)30-17-22(27)29/h5-7,10-12,14,18H,2-4,8-9,13,15-17H2,1H3,(H,24,28). The number of hydrogen-bond acceptors (Lipinski definition) is 4. The third-order valence-corrected chi connectivity index (χ3v) is 7.09. The summed E-state index contributed by atoms with van der Waals surface area (Å²) in [6.07, 6.45) is 8.45. The fourth-order valence-electron chi connectivity index (χ4n) is 4.37. The predicted molar refractivity (Wildman–Crippen MR) is 121 cm³/mol. The van der Waals surface area contributed by atoms with Gasteiger partial charge >= 0.3 is 0 Å². The van der Waals surface area contributed by atoms with Crippen LogP contribution in [0.15, 0.2) is 47.6 Å². The van der Waals surface area contributed by atoms with Crippen LogP contribution in [0.3, 0.4) is 0 Å². The van der Waals surface area contributed by atoms with Crippen LogP contribution in [0.4, 0.5) is 5.69 Å². The van der Waals surface area contributed by atoms with E-state index in [1.165, 1.54) is 43.9 Å².